The van der Waals surface area contributed by atoms with Crippen molar-refractivity contribution < 1.29 is 19.1 Å². The van der Waals surface area contributed by atoms with Crippen LogP contribution in [0.5, 0.6) is 5.75 Å². The van der Waals surface area contributed by atoms with Gasteiger partial charge < -0.3 is 9.47 Å². The molecule has 1 heterocycles. The van der Waals surface area contributed by atoms with Crippen LogP contribution >= 0.6 is 0 Å². The Morgan fingerprint density at radius 3 is 1.69 bits per heavy atom. The van der Waals surface area contributed by atoms with E-state index in [2.05, 4.69) is 74.4 Å². The molecule has 1 fully saturated rings. The molecule has 1 aliphatic rings. The van der Waals surface area contributed by atoms with Gasteiger partial charge in [0.1, 0.15) is 11.8 Å². The molecule has 0 bridgehead atoms. The third kappa shape index (κ3) is 4.93. The Bertz CT molecular complexity index is 756. The minimum Gasteiger partial charge on any atom is -0.467 e. The van der Waals surface area contributed by atoms with Gasteiger partial charge in [0.15, 0.2) is 0 Å². The van der Waals surface area contributed by atoms with E-state index in [0.29, 0.717) is 18.7 Å². The molecule has 0 N–H and O–H groups in total. The van der Waals surface area contributed by atoms with E-state index in [1.54, 1.807) is 0 Å². The van der Waals surface area contributed by atoms with Gasteiger partial charge in [-0.15, -0.1) is 0 Å². The zero-order valence-electron chi connectivity index (χ0n) is 19.7. The molecule has 0 aromatic heterocycles. The number of nitrogens with zero attached hydrogens (tertiary/aromatic N) is 1. The fourth-order valence-electron chi connectivity index (χ4n) is 3.42. The highest BCUT2D eigenvalue weighted by atomic mass is 16.6. The fraction of sp³-hybridized carbons (Fsp3) is 0.667. The highest BCUT2D eigenvalue weighted by molar-refractivity contribution is 5.84. The smallest absolute Gasteiger partial charge is 0.416 e. The Labute approximate surface area is 175 Å². The third-order valence-corrected chi connectivity index (χ3v) is 5.49. The lowest BCUT2D eigenvalue weighted by atomic mass is 9.75. The highest BCUT2D eigenvalue weighted by Crippen LogP contribution is 2.43. The van der Waals surface area contributed by atoms with Crippen LogP contribution in [-0.2, 0) is 25.8 Å². The van der Waals surface area contributed by atoms with Crippen LogP contribution in [0.3, 0.4) is 0 Å². The summed E-state index contributed by atoms with van der Waals surface area (Å²) >= 11 is 0. The monoisotopic (exact) mass is 403 g/mol. The van der Waals surface area contributed by atoms with Crippen molar-refractivity contribution in [3.8, 4) is 5.75 Å². The first-order chi connectivity index (χ1) is 13.1. The molecule has 1 aromatic rings. The Kier molecular flexibility index (Phi) is 6.14. The van der Waals surface area contributed by atoms with Gasteiger partial charge in [-0.3, -0.25) is 4.90 Å². The van der Waals surface area contributed by atoms with E-state index in [9.17, 15) is 9.59 Å². The normalized spacial score (nSPS) is 17.6. The number of carbonyl (C=O) groups excluding carboxylic acids is 2. The van der Waals surface area contributed by atoms with Gasteiger partial charge >= 0.3 is 12.1 Å². The number of carbonyl (C=O) groups is 2. The molecule has 29 heavy (non-hydrogen) atoms. The maximum atomic E-state index is 13.0. The first-order valence-electron chi connectivity index (χ1n) is 10.3. The van der Waals surface area contributed by atoms with E-state index in [0.717, 1.165) is 11.1 Å². The summed E-state index contributed by atoms with van der Waals surface area (Å²) in [5.41, 5.74) is 2.75. The molecule has 0 saturated carbocycles. The van der Waals surface area contributed by atoms with E-state index in [1.165, 1.54) is 17.6 Å². The molecule has 1 amide bonds. The minimum atomic E-state index is -0.558. The van der Waals surface area contributed by atoms with Crippen LogP contribution in [-0.4, -0.2) is 36.7 Å². The van der Waals surface area contributed by atoms with Gasteiger partial charge in [0.25, 0.3) is 0 Å². The molecule has 0 radical (unpaired) electrons. The van der Waals surface area contributed by atoms with Crippen molar-refractivity contribution in [2.24, 2.45) is 0 Å². The molecule has 2 rings (SSSR count). The fourth-order valence-corrected chi connectivity index (χ4v) is 3.42. The Morgan fingerprint density at radius 1 is 0.897 bits per heavy atom. The van der Waals surface area contributed by atoms with Gasteiger partial charge in [-0.25, -0.2) is 9.59 Å². The van der Waals surface area contributed by atoms with E-state index in [1.807, 2.05) is 0 Å². The lowest BCUT2D eigenvalue weighted by Crippen LogP contribution is -2.56. The van der Waals surface area contributed by atoms with Crippen molar-refractivity contribution in [2.45, 2.75) is 91.0 Å². The van der Waals surface area contributed by atoms with Crippen molar-refractivity contribution in [3.05, 3.63) is 28.8 Å². The average molecular weight is 404 g/mol. The van der Waals surface area contributed by atoms with E-state index in [4.69, 9.17) is 9.47 Å². The van der Waals surface area contributed by atoms with Crippen molar-refractivity contribution in [3.63, 3.8) is 0 Å². The Hall–Kier alpha value is -2.04. The number of rotatable bonds is 2. The molecule has 0 aliphatic carbocycles. The summed E-state index contributed by atoms with van der Waals surface area (Å²) in [4.78, 5) is 26.3. The van der Waals surface area contributed by atoms with Crippen LogP contribution < -0.4 is 4.74 Å². The van der Waals surface area contributed by atoms with Crippen molar-refractivity contribution in [2.75, 3.05) is 13.7 Å². The van der Waals surface area contributed by atoms with Gasteiger partial charge in [0, 0.05) is 17.7 Å². The van der Waals surface area contributed by atoms with Crippen LogP contribution in [0.25, 0.3) is 0 Å². The first kappa shape index (κ1) is 23.2. The number of hydrogen-bond acceptors (Lipinski definition) is 4. The average Bonchev–Trinajstić information content (AvgIpc) is 2.50. The maximum Gasteiger partial charge on any atom is 0.416 e. The molecule has 0 spiro atoms. The second kappa shape index (κ2) is 7.66. The lowest BCUT2D eigenvalue weighted by molar-refractivity contribution is -0.150. The van der Waals surface area contributed by atoms with Crippen molar-refractivity contribution in [1.29, 1.82) is 0 Å². The summed E-state index contributed by atoms with van der Waals surface area (Å²) in [5.74, 6) is 0.210. The number of likely N-dealkylation sites (tertiary alicyclic amines) is 1. The van der Waals surface area contributed by atoms with Gasteiger partial charge in [-0.05, 0) is 28.2 Å². The van der Waals surface area contributed by atoms with E-state index < -0.39 is 18.1 Å². The van der Waals surface area contributed by atoms with Gasteiger partial charge in [0.2, 0.25) is 0 Å². The predicted molar refractivity (Wildman–Crippen MR) is 116 cm³/mol. The number of benzene rings is 1. The summed E-state index contributed by atoms with van der Waals surface area (Å²) in [6, 6.07) is 3.76. The van der Waals surface area contributed by atoms with Gasteiger partial charge in [-0.1, -0.05) is 74.4 Å². The zero-order valence-corrected chi connectivity index (χ0v) is 19.7. The molecule has 5 heteroatoms. The van der Waals surface area contributed by atoms with E-state index >= 15 is 0 Å². The van der Waals surface area contributed by atoms with E-state index in [-0.39, 0.29) is 16.2 Å². The summed E-state index contributed by atoms with van der Waals surface area (Å²) in [7, 11) is 1.34. The summed E-state index contributed by atoms with van der Waals surface area (Å²) in [6.45, 7) is 19.8. The van der Waals surface area contributed by atoms with Gasteiger partial charge in [-0.2, -0.15) is 0 Å². The highest BCUT2D eigenvalue weighted by Gasteiger charge is 2.41. The number of methoxy groups -OCH3 is 1. The van der Waals surface area contributed by atoms with Crippen LogP contribution in [0.1, 0.15) is 85.4 Å². The van der Waals surface area contributed by atoms with Crippen LogP contribution in [0.4, 0.5) is 4.79 Å². The number of esters is 1. The number of ether oxygens (including phenoxy) is 2. The van der Waals surface area contributed by atoms with Crippen LogP contribution in [0.15, 0.2) is 12.1 Å². The summed E-state index contributed by atoms with van der Waals surface area (Å²) in [6.07, 6.45) is 0.106. The number of amides is 1. The van der Waals surface area contributed by atoms with Crippen molar-refractivity contribution >= 4 is 12.1 Å². The molecule has 5 nitrogen and oxygen atoms in total. The number of hydrogen-bond donors (Lipinski definition) is 0. The van der Waals surface area contributed by atoms with Gasteiger partial charge in [0.05, 0.1) is 7.11 Å². The summed E-state index contributed by atoms with van der Waals surface area (Å²) < 4.78 is 10.8. The lowest BCUT2D eigenvalue weighted by Gasteiger charge is -2.39. The van der Waals surface area contributed by atoms with Crippen LogP contribution in [0.2, 0.25) is 0 Å². The predicted octanol–water partition coefficient (Wildman–Crippen LogP) is 5.33. The quantitative estimate of drug-likeness (QED) is 0.627. The SMILES string of the molecule is COC(=O)C1CCN1C(=O)Oc1c(C(C)(C)C)cc(C(C)(C)C)cc1C(C)(C)C. The Morgan fingerprint density at radius 2 is 1.38 bits per heavy atom. The summed E-state index contributed by atoms with van der Waals surface area (Å²) in [5, 5.41) is 0. The molecular weight excluding hydrogens is 366 g/mol. The molecule has 1 atom stereocenters. The molecule has 1 saturated heterocycles. The largest absolute Gasteiger partial charge is 0.467 e. The maximum absolute atomic E-state index is 13.0. The molecule has 1 aliphatic heterocycles. The third-order valence-electron chi connectivity index (χ3n) is 5.49. The molecule has 1 unspecified atom stereocenters. The zero-order chi connectivity index (χ0) is 22.4. The first-order valence-corrected chi connectivity index (χ1v) is 10.3. The van der Waals surface area contributed by atoms with Crippen molar-refractivity contribution in [1.82, 2.24) is 4.90 Å². The standard InChI is InChI=1S/C24H37NO4/c1-22(2,3)15-13-16(23(4,5)6)19(17(14-15)24(7,8)9)29-21(27)25-12-11-18(25)20(26)28-10/h13-14,18H,11-12H2,1-10H3. The van der Waals surface area contributed by atoms with Crippen LogP contribution in [0, 0.1) is 0 Å². The Balaban J connectivity index is 2.57. The second-order valence-corrected chi connectivity index (χ2v) is 11.0. The topological polar surface area (TPSA) is 55.8 Å². The second-order valence-electron chi connectivity index (χ2n) is 11.0. The molecular formula is C24H37NO4. The molecule has 162 valence electrons. The molecule has 1 aromatic carbocycles. The minimum absolute atomic E-state index is 0.0318.